The number of hydrogen-bond donors (Lipinski definition) is 2. The summed E-state index contributed by atoms with van der Waals surface area (Å²) in [7, 11) is 0. The Balaban J connectivity index is 2.22. The van der Waals surface area contributed by atoms with Crippen LogP contribution in [0.25, 0.3) is 0 Å². The summed E-state index contributed by atoms with van der Waals surface area (Å²) in [6, 6.07) is 6.62. The molecule has 1 aliphatic rings. The first-order valence-electron chi connectivity index (χ1n) is 6.48. The molecule has 17 heavy (non-hydrogen) atoms. The van der Waals surface area contributed by atoms with Crippen LogP contribution < -0.4 is 5.73 Å². The lowest BCUT2D eigenvalue weighted by atomic mass is 9.77. The molecule has 0 saturated heterocycles. The van der Waals surface area contributed by atoms with Gasteiger partial charge in [0.25, 0.3) is 0 Å². The van der Waals surface area contributed by atoms with Crippen LogP contribution in [0.15, 0.2) is 18.2 Å². The first kappa shape index (κ1) is 12.6. The lowest BCUT2D eigenvalue weighted by molar-refractivity contribution is 0.109. The SMILES string of the molecule is Cc1cc(C)cc(CC(CN)(CO)C2CC2)c1. The van der Waals surface area contributed by atoms with Crippen molar-refractivity contribution in [2.24, 2.45) is 17.1 Å². The Morgan fingerprint density at radius 3 is 2.24 bits per heavy atom. The molecule has 94 valence electrons. The topological polar surface area (TPSA) is 46.2 Å². The molecule has 0 heterocycles. The molecule has 0 aromatic heterocycles. The Bertz CT molecular complexity index is 372. The van der Waals surface area contributed by atoms with Gasteiger partial charge in [0, 0.05) is 12.0 Å². The minimum Gasteiger partial charge on any atom is -0.396 e. The predicted molar refractivity (Wildman–Crippen MR) is 70.9 cm³/mol. The maximum Gasteiger partial charge on any atom is 0.0505 e. The van der Waals surface area contributed by atoms with E-state index in [1.807, 2.05) is 0 Å². The zero-order valence-electron chi connectivity index (χ0n) is 10.9. The maximum atomic E-state index is 9.71. The van der Waals surface area contributed by atoms with Gasteiger partial charge >= 0.3 is 0 Å². The zero-order chi connectivity index (χ0) is 12.5. The molecular weight excluding hydrogens is 210 g/mol. The van der Waals surface area contributed by atoms with Crippen LogP contribution in [0.1, 0.15) is 29.5 Å². The zero-order valence-corrected chi connectivity index (χ0v) is 10.9. The molecule has 0 aliphatic heterocycles. The average Bonchev–Trinajstić information content (AvgIpc) is 3.09. The molecule has 0 amide bonds. The number of benzene rings is 1. The lowest BCUT2D eigenvalue weighted by Crippen LogP contribution is -2.38. The van der Waals surface area contributed by atoms with E-state index in [4.69, 9.17) is 5.73 Å². The molecule has 2 rings (SSSR count). The van der Waals surface area contributed by atoms with Gasteiger partial charge in [-0.3, -0.25) is 0 Å². The van der Waals surface area contributed by atoms with Gasteiger partial charge in [-0.05, 0) is 44.6 Å². The summed E-state index contributed by atoms with van der Waals surface area (Å²) >= 11 is 0. The van der Waals surface area contributed by atoms with Gasteiger partial charge in [0.05, 0.1) is 6.61 Å². The highest BCUT2D eigenvalue weighted by atomic mass is 16.3. The van der Waals surface area contributed by atoms with Crippen molar-refractivity contribution in [1.82, 2.24) is 0 Å². The first-order chi connectivity index (χ1) is 8.09. The summed E-state index contributed by atoms with van der Waals surface area (Å²) in [5, 5.41) is 9.71. The van der Waals surface area contributed by atoms with E-state index >= 15 is 0 Å². The van der Waals surface area contributed by atoms with Crippen LogP contribution >= 0.6 is 0 Å². The summed E-state index contributed by atoms with van der Waals surface area (Å²) in [4.78, 5) is 0. The Labute approximate surface area is 104 Å². The Kier molecular flexibility index (Phi) is 3.55. The van der Waals surface area contributed by atoms with Gasteiger partial charge in [-0.2, -0.15) is 0 Å². The van der Waals surface area contributed by atoms with E-state index in [-0.39, 0.29) is 12.0 Å². The van der Waals surface area contributed by atoms with Crippen LogP contribution in [-0.4, -0.2) is 18.3 Å². The second kappa shape index (κ2) is 4.79. The first-order valence-corrected chi connectivity index (χ1v) is 6.48. The summed E-state index contributed by atoms with van der Waals surface area (Å²) < 4.78 is 0. The van der Waals surface area contributed by atoms with E-state index in [1.54, 1.807) is 0 Å². The maximum absolute atomic E-state index is 9.71. The van der Waals surface area contributed by atoms with Crippen molar-refractivity contribution >= 4 is 0 Å². The second-order valence-corrected chi connectivity index (χ2v) is 5.67. The molecule has 0 bridgehead atoms. The van der Waals surface area contributed by atoms with Crippen molar-refractivity contribution in [2.45, 2.75) is 33.1 Å². The highest BCUT2D eigenvalue weighted by Gasteiger charge is 2.43. The van der Waals surface area contributed by atoms with E-state index in [0.29, 0.717) is 12.5 Å². The van der Waals surface area contributed by atoms with Gasteiger partial charge < -0.3 is 10.8 Å². The molecule has 1 unspecified atom stereocenters. The molecule has 3 N–H and O–H groups in total. The molecule has 0 radical (unpaired) electrons. The molecule has 2 heteroatoms. The lowest BCUT2D eigenvalue weighted by Gasteiger charge is -2.31. The summed E-state index contributed by atoms with van der Waals surface area (Å²) in [5.41, 5.74) is 9.74. The molecule has 1 aliphatic carbocycles. The van der Waals surface area contributed by atoms with Crippen LogP contribution in [0.2, 0.25) is 0 Å². The van der Waals surface area contributed by atoms with Gasteiger partial charge in [0.1, 0.15) is 0 Å². The van der Waals surface area contributed by atoms with Crippen LogP contribution in [0.3, 0.4) is 0 Å². The molecule has 1 aromatic carbocycles. The minimum absolute atomic E-state index is 0.0831. The van der Waals surface area contributed by atoms with Crippen LogP contribution in [0.5, 0.6) is 0 Å². The Morgan fingerprint density at radius 2 is 1.82 bits per heavy atom. The van der Waals surface area contributed by atoms with Gasteiger partial charge in [0.2, 0.25) is 0 Å². The van der Waals surface area contributed by atoms with E-state index in [2.05, 4.69) is 32.0 Å². The van der Waals surface area contributed by atoms with E-state index in [1.165, 1.54) is 29.5 Å². The third-order valence-electron chi connectivity index (χ3n) is 4.00. The molecule has 1 atom stereocenters. The van der Waals surface area contributed by atoms with Crippen molar-refractivity contribution in [1.29, 1.82) is 0 Å². The van der Waals surface area contributed by atoms with Crippen LogP contribution in [0.4, 0.5) is 0 Å². The van der Waals surface area contributed by atoms with Crippen molar-refractivity contribution < 1.29 is 5.11 Å². The third kappa shape index (κ3) is 2.70. The Hall–Kier alpha value is -0.860. The van der Waals surface area contributed by atoms with Crippen LogP contribution in [0, 0.1) is 25.2 Å². The standard InChI is InChI=1S/C15H23NO/c1-11-5-12(2)7-13(6-11)8-15(9-16,10-17)14-3-4-14/h5-7,14,17H,3-4,8-10,16H2,1-2H3. The normalized spacial score (nSPS) is 19.1. The summed E-state index contributed by atoms with van der Waals surface area (Å²) in [5.74, 6) is 0.623. The highest BCUT2D eigenvalue weighted by molar-refractivity contribution is 5.29. The van der Waals surface area contributed by atoms with Crippen molar-refractivity contribution in [2.75, 3.05) is 13.2 Å². The van der Waals surface area contributed by atoms with Crippen molar-refractivity contribution in [3.8, 4) is 0 Å². The van der Waals surface area contributed by atoms with Crippen LogP contribution in [-0.2, 0) is 6.42 Å². The minimum atomic E-state index is -0.0831. The van der Waals surface area contributed by atoms with E-state index in [0.717, 1.165) is 6.42 Å². The fraction of sp³-hybridized carbons (Fsp3) is 0.600. The summed E-state index contributed by atoms with van der Waals surface area (Å²) in [6.45, 7) is 5.04. The number of aliphatic hydroxyl groups is 1. The largest absolute Gasteiger partial charge is 0.396 e. The quantitative estimate of drug-likeness (QED) is 0.819. The predicted octanol–water partition coefficient (Wildman–Crippen LogP) is 2.19. The highest BCUT2D eigenvalue weighted by Crippen LogP contribution is 2.46. The van der Waals surface area contributed by atoms with Gasteiger partial charge in [-0.15, -0.1) is 0 Å². The number of hydrogen-bond acceptors (Lipinski definition) is 2. The molecule has 1 saturated carbocycles. The smallest absolute Gasteiger partial charge is 0.0505 e. The van der Waals surface area contributed by atoms with E-state index < -0.39 is 0 Å². The second-order valence-electron chi connectivity index (χ2n) is 5.67. The molecule has 1 aromatic rings. The number of rotatable bonds is 5. The van der Waals surface area contributed by atoms with Crippen molar-refractivity contribution in [3.05, 3.63) is 34.9 Å². The molecule has 0 spiro atoms. The molecular formula is C15H23NO. The number of aliphatic hydroxyl groups excluding tert-OH is 1. The van der Waals surface area contributed by atoms with E-state index in [9.17, 15) is 5.11 Å². The monoisotopic (exact) mass is 233 g/mol. The molecule has 1 fully saturated rings. The number of aryl methyl sites for hydroxylation is 2. The molecule has 2 nitrogen and oxygen atoms in total. The summed E-state index contributed by atoms with van der Waals surface area (Å²) in [6.07, 6.45) is 3.36. The number of nitrogens with two attached hydrogens (primary N) is 1. The van der Waals surface area contributed by atoms with Gasteiger partial charge in [-0.25, -0.2) is 0 Å². The van der Waals surface area contributed by atoms with Crippen molar-refractivity contribution in [3.63, 3.8) is 0 Å². The van der Waals surface area contributed by atoms with Gasteiger partial charge in [-0.1, -0.05) is 29.3 Å². The fourth-order valence-electron chi connectivity index (χ4n) is 2.91. The van der Waals surface area contributed by atoms with Gasteiger partial charge in [0.15, 0.2) is 0 Å². The third-order valence-corrected chi connectivity index (χ3v) is 4.00. The Morgan fingerprint density at radius 1 is 1.24 bits per heavy atom. The average molecular weight is 233 g/mol. The fourth-order valence-corrected chi connectivity index (χ4v) is 2.91.